The number of imidazole rings is 1. The third-order valence-electron chi connectivity index (χ3n) is 4.63. The zero-order chi connectivity index (χ0) is 21.1. The van der Waals surface area contributed by atoms with Crippen LogP contribution in [0.2, 0.25) is 0 Å². The third kappa shape index (κ3) is 4.46. The molecule has 4 rings (SSSR count). The fraction of sp³-hybridized carbons (Fsp3) is 0.368. The van der Waals surface area contributed by atoms with E-state index in [9.17, 15) is 4.39 Å². The molecule has 0 aliphatic carbocycles. The van der Waals surface area contributed by atoms with Gasteiger partial charge in [0.25, 0.3) is 0 Å². The van der Waals surface area contributed by atoms with Crippen molar-refractivity contribution < 1.29 is 13.5 Å². The second-order valence-electron chi connectivity index (χ2n) is 6.96. The highest BCUT2D eigenvalue weighted by Gasteiger charge is 2.22. The van der Waals surface area contributed by atoms with Gasteiger partial charge in [0.2, 0.25) is 0 Å². The van der Waals surface area contributed by atoms with Crippen molar-refractivity contribution in [1.29, 1.82) is 0 Å². The molecule has 158 valence electrons. The van der Waals surface area contributed by atoms with E-state index in [1.807, 2.05) is 18.9 Å². The molecule has 3 aromatic heterocycles. The Morgan fingerprint density at radius 1 is 1.10 bits per heavy atom. The Hall–Kier alpha value is -3.34. The number of halogens is 2. The highest BCUT2D eigenvalue weighted by molar-refractivity contribution is 5.66. The van der Waals surface area contributed by atoms with Gasteiger partial charge in [-0.05, 0) is 6.92 Å². The summed E-state index contributed by atoms with van der Waals surface area (Å²) in [6, 6.07) is 1.27. The molecule has 1 aliphatic rings. The number of hydrogen-bond acceptors (Lipinski definition) is 8. The number of nitrogens with one attached hydrogen (secondary N) is 2. The smallest absolute Gasteiger partial charge is 0.189 e. The lowest BCUT2D eigenvalue weighted by Crippen LogP contribution is -2.37. The van der Waals surface area contributed by atoms with Crippen molar-refractivity contribution in [2.75, 3.05) is 41.8 Å². The Morgan fingerprint density at radius 2 is 1.83 bits per heavy atom. The first kappa shape index (κ1) is 20.0. The summed E-state index contributed by atoms with van der Waals surface area (Å²) < 4.78 is 35.5. The number of aromatic nitrogens is 5. The highest BCUT2D eigenvalue weighted by atomic mass is 19.1. The number of anilines is 4. The maximum absolute atomic E-state index is 15.3. The van der Waals surface area contributed by atoms with Crippen LogP contribution in [-0.2, 0) is 11.8 Å². The number of ether oxygens (including phenoxy) is 1. The van der Waals surface area contributed by atoms with Crippen LogP contribution < -0.4 is 15.5 Å². The molecule has 0 aromatic carbocycles. The zero-order valence-electron chi connectivity index (χ0n) is 16.6. The number of morpholine rings is 1. The van der Waals surface area contributed by atoms with Gasteiger partial charge in [0, 0.05) is 32.4 Å². The predicted molar refractivity (Wildman–Crippen MR) is 108 cm³/mol. The summed E-state index contributed by atoms with van der Waals surface area (Å²) >= 11 is 0. The van der Waals surface area contributed by atoms with Gasteiger partial charge in [-0.25, -0.2) is 28.7 Å². The van der Waals surface area contributed by atoms with Crippen molar-refractivity contribution in [3.63, 3.8) is 0 Å². The monoisotopic (exact) mass is 416 g/mol. The maximum Gasteiger partial charge on any atom is 0.189 e. The fourth-order valence-electron chi connectivity index (χ4n) is 3.14. The molecule has 0 radical (unpaired) electrons. The van der Waals surface area contributed by atoms with Crippen LogP contribution in [0.1, 0.15) is 18.8 Å². The van der Waals surface area contributed by atoms with E-state index in [4.69, 9.17) is 4.74 Å². The minimum absolute atomic E-state index is 0.0485. The maximum atomic E-state index is 15.3. The van der Waals surface area contributed by atoms with Gasteiger partial charge in [0.05, 0.1) is 43.7 Å². The van der Waals surface area contributed by atoms with E-state index in [0.29, 0.717) is 49.5 Å². The first-order valence-electron chi connectivity index (χ1n) is 9.52. The molecule has 0 bridgehead atoms. The van der Waals surface area contributed by atoms with E-state index in [1.54, 1.807) is 23.2 Å². The minimum Gasteiger partial charge on any atom is -0.378 e. The molecule has 0 saturated carbocycles. The van der Waals surface area contributed by atoms with Crippen molar-refractivity contribution in [3.05, 3.63) is 48.4 Å². The van der Waals surface area contributed by atoms with Gasteiger partial charge >= 0.3 is 0 Å². The van der Waals surface area contributed by atoms with E-state index in [1.165, 1.54) is 0 Å². The van der Waals surface area contributed by atoms with E-state index < -0.39 is 11.6 Å². The van der Waals surface area contributed by atoms with Crippen LogP contribution in [0.15, 0.2) is 31.0 Å². The largest absolute Gasteiger partial charge is 0.378 e. The molecule has 1 saturated heterocycles. The summed E-state index contributed by atoms with van der Waals surface area (Å²) in [6.07, 6.45) is 5.54. The summed E-state index contributed by atoms with van der Waals surface area (Å²) in [5.41, 5.74) is 0.404. The molecule has 1 atom stereocenters. The SMILES string of the molecule is CC(Nc1cc(N2CCOCC2)c(F)c(Nc2cn(C)cn2)n1)c1ncc(F)cn1. The summed E-state index contributed by atoms with van der Waals surface area (Å²) in [7, 11) is 1.82. The number of hydrogen-bond donors (Lipinski definition) is 2. The predicted octanol–water partition coefficient (Wildman–Crippen LogP) is 2.64. The normalized spacial score (nSPS) is 15.1. The van der Waals surface area contributed by atoms with Crippen LogP contribution in [0.4, 0.5) is 31.9 Å². The summed E-state index contributed by atoms with van der Waals surface area (Å²) in [5, 5.41) is 6.10. The van der Waals surface area contributed by atoms with Crippen LogP contribution in [0, 0.1) is 11.6 Å². The van der Waals surface area contributed by atoms with Crippen molar-refractivity contribution in [2.24, 2.45) is 7.05 Å². The van der Waals surface area contributed by atoms with E-state index in [0.717, 1.165) is 12.4 Å². The van der Waals surface area contributed by atoms with Gasteiger partial charge < -0.3 is 24.8 Å². The Kier molecular flexibility index (Phi) is 5.70. The van der Waals surface area contributed by atoms with Crippen LogP contribution in [-0.4, -0.2) is 50.8 Å². The van der Waals surface area contributed by atoms with E-state index in [-0.39, 0.29) is 11.9 Å². The van der Waals surface area contributed by atoms with E-state index >= 15 is 4.39 Å². The average molecular weight is 416 g/mol. The quantitative estimate of drug-likeness (QED) is 0.634. The van der Waals surface area contributed by atoms with Crippen molar-refractivity contribution >= 4 is 23.1 Å². The number of nitrogens with zero attached hydrogens (tertiary/aromatic N) is 6. The standard InChI is InChI=1S/C19H22F2N8O/c1-12(18-22-8-13(20)9-23-18)25-15-7-14(29-3-5-30-6-4-29)17(21)19(26-15)27-16-10-28(2)11-24-16/h7-12H,3-6H2,1-2H3,(H2,25,26,27). The van der Waals surface area contributed by atoms with Crippen LogP contribution in [0.3, 0.4) is 0 Å². The van der Waals surface area contributed by atoms with Gasteiger partial charge in [-0.1, -0.05) is 0 Å². The lowest BCUT2D eigenvalue weighted by molar-refractivity contribution is 0.122. The van der Waals surface area contributed by atoms with Crippen LogP contribution >= 0.6 is 0 Å². The molecule has 1 unspecified atom stereocenters. The Morgan fingerprint density at radius 3 is 2.50 bits per heavy atom. The molecular formula is C19H22F2N8O. The first-order chi connectivity index (χ1) is 14.5. The van der Waals surface area contributed by atoms with Gasteiger partial charge in [0.15, 0.2) is 17.5 Å². The molecule has 30 heavy (non-hydrogen) atoms. The zero-order valence-corrected chi connectivity index (χ0v) is 16.6. The Labute approximate surface area is 172 Å². The minimum atomic E-state index is -0.512. The van der Waals surface area contributed by atoms with Crippen LogP contribution in [0.25, 0.3) is 0 Å². The number of pyridine rings is 1. The van der Waals surface area contributed by atoms with Crippen molar-refractivity contribution in [3.8, 4) is 0 Å². The van der Waals surface area contributed by atoms with Gasteiger partial charge in [-0.3, -0.25) is 0 Å². The lowest BCUT2D eigenvalue weighted by atomic mass is 10.2. The summed E-state index contributed by atoms with van der Waals surface area (Å²) in [6.45, 7) is 4.00. The third-order valence-corrected chi connectivity index (χ3v) is 4.63. The molecule has 2 N–H and O–H groups in total. The molecular weight excluding hydrogens is 394 g/mol. The highest BCUT2D eigenvalue weighted by Crippen LogP contribution is 2.31. The average Bonchev–Trinajstić information content (AvgIpc) is 3.16. The first-order valence-corrected chi connectivity index (χ1v) is 9.52. The van der Waals surface area contributed by atoms with Crippen LogP contribution in [0.5, 0.6) is 0 Å². The second-order valence-corrected chi connectivity index (χ2v) is 6.96. The van der Waals surface area contributed by atoms with Crippen molar-refractivity contribution in [1.82, 2.24) is 24.5 Å². The van der Waals surface area contributed by atoms with E-state index in [2.05, 4.69) is 30.6 Å². The lowest BCUT2D eigenvalue weighted by Gasteiger charge is -2.30. The number of rotatable bonds is 6. The molecule has 4 heterocycles. The topological polar surface area (TPSA) is 93.0 Å². The second kappa shape index (κ2) is 8.57. The Bertz CT molecular complexity index is 1000. The molecule has 3 aromatic rings. The molecule has 0 spiro atoms. The molecule has 1 fully saturated rings. The van der Waals surface area contributed by atoms with Crippen molar-refractivity contribution in [2.45, 2.75) is 13.0 Å². The van der Waals surface area contributed by atoms with Gasteiger partial charge in [-0.2, -0.15) is 0 Å². The molecule has 1 aliphatic heterocycles. The van der Waals surface area contributed by atoms with Gasteiger partial charge in [-0.15, -0.1) is 0 Å². The fourth-order valence-corrected chi connectivity index (χ4v) is 3.14. The number of aryl methyl sites for hydroxylation is 1. The summed E-state index contributed by atoms with van der Waals surface area (Å²) in [4.78, 5) is 18.5. The Balaban J connectivity index is 1.65. The molecule has 11 heteroatoms. The molecule has 9 nitrogen and oxygen atoms in total. The van der Waals surface area contributed by atoms with Gasteiger partial charge in [0.1, 0.15) is 17.5 Å². The molecule has 0 amide bonds. The summed E-state index contributed by atoms with van der Waals surface area (Å²) in [5.74, 6) is 0.365.